The van der Waals surface area contributed by atoms with Crippen LogP contribution in [0.25, 0.3) is 0 Å². The molecule has 1 aromatic rings. The molecule has 122 valence electrons. The Balaban J connectivity index is 1.81. The van der Waals surface area contributed by atoms with Crippen LogP contribution in [0.4, 0.5) is 0 Å². The number of hydrogen-bond acceptors (Lipinski definition) is 3. The summed E-state index contributed by atoms with van der Waals surface area (Å²) in [6, 6.07) is 4.74. The van der Waals surface area contributed by atoms with Gasteiger partial charge in [-0.25, -0.2) is 0 Å². The van der Waals surface area contributed by atoms with Gasteiger partial charge in [-0.1, -0.05) is 20.8 Å². The van der Waals surface area contributed by atoms with Crippen molar-refractivity contribution in [3.8, 4) is 11.5 Å². The molecule has 3 nitrogen and oxygen atoms in total. The maximum atomic E-state index is 10.00. The van der Waals surface area contributed by atoms with E-state index in [-0.39, 0.29) is 5.75 Å². The predicted molar refractivity (Wildman–Crippen MR) is 97.3 cm³/mol. The standard InChI is InChI=1S/C18H26INO2/c1-17(2)7-13-8-18(3,10-17)11-20(13)9-12-5-14(19)16(21)15(6-12)22-4/h5-6,13,21H,7-11H2,1-4H3. The second-order valence-corrected chi connectivity index (χ2v) is 9.41. The number of benzene rings is 1. The van der Waals surface area contributed by atoms with E-state index >= 15 is 0 Å². The van der Waals surface area contributed by atoms with Gasteiger partial charge in [0.25, 0.3) is 0 Å². The van der Waals surface area contributed by atoms with E-state index < -0.39 is 0 Å². The molecule has 2 unspecified atom stereocenters. The molecule has 0 amide bonds. The molecule has 0 radical (unpaired) electrons. The zero-order valence-electron chi connectivity index (χ0n) is 13.9. The lowest BCUT2D eigenvalue weighted by atomic mass is 9.65. The van der Waals surface area contributed by atoms with Crippen molar-refractivity contribution in [1.82, 2.24) is 4.90 Å². The molecule has 22 heavy (non-hydrogen) atoms. The van der Waals surface area contributed by atoms with Gasteiger partial charge in [-0.2, -0.15) is 0 Å². The molecule has 4 heteroatoms. The maximum Gasteiger partial charge on any atom is 0.171 e. The fourth-order valence-electron chi connectivity index (χ4n) is 4.87. The number of fused-ring (bicyclic) bond motifs is 2. The van der Waals surface area contributed by atoms with E-state index in [1.165, 1.54) is 31.4 Å². The summed E-state index contributed by atoms with van der Waals surface area (Å²) >= 11 is 2.18. The van der Waals surface area contributed by atoms with Gasteiger partial charge < -0.3 is 9.84 Å². The second kappa shape index (κ2) is 5.55. The van der Waals surface area contributed by atoms with E-state index in [0.29, 0.717) is 22.6 Å². The van der Waals surface area contributed by atoms with Crippen LogP contribution in [-0.2, 0) is 6.54 Å². The number of halogens is 1. The third-order valence-corrected chi connectivity index (χ3v) is 6.04. The number of nitrogens with zero attached hydrogens (tertiary/aromatic N) is 1. The molecule has 1 saturated carbocycles. The molecule has 2 fully saturated rings. The normalized spacial score (nSPS) is 30.5. The van der Waals surface area contributed by atoms with Gasteiger partial charge >= 0.3 is 0 Å². The van der Waals surface area contributed by atoms with Gasteiger partial charge in [-0.3, -0.25) is 4.90 Å². The largest absolute Gasteiger partial charge is 0.504 e. The van der Waals surface area contributed by atoms with Gasteiger partial charge in [0.1, 0.15) is 0 Å². The summed E-state index contributed by atoms with van der Waals surface area (Å²) in [5.74, 6) is 0.829. The van der Waals surface area contributed by atoms with Crippen LogP contribution in [-0.4, -0.2) is 29.7 Å². The van der Waals surface area contributed by atoms with Gasteiger partial charge in [0, 0.05) is 19.1 Å². The summed E-state index contributed by atoms with van der Waals surface area (Å²) in [5.41, 5.74) is 2.14. The molecule has 3 rings (SSSR count). The lowest BCUT2D eigenvalue weighted by Gasteiger charge is -2.40. The summed E-state index contributed by atoms with van der Waals surface area (Å²) in [6.07, 6.45) is 3.93. The minimum absolute atomic E-state index is 0.250. The Morgan fingerprint density at radius 1 is 1.32 bits per heavy atom. The molecule has 1 saturated heterocycles. The average Bonchev–Trinajstić information content (AvgIpc) is 2.62. The summed E-state index contributed by atoms with van der Waals surface area (Å²) in [4.78, 5) is 2.64. The molecule has 1 heterocycles. The molecular weight excluding hydrogens is 389 g/mol. The van der Waals surface area contributed by atoms with Crippen LogP contribution in [0.3, 0.4) is 0 Å². The summed E-state index contributed by atoms with van der Waals surface area (Å²) in [5, 5.41) is 10.00. The van der Waals surface area contributed by atoms with Crippen molar-refractivity contribution < 1.29 is 9.84 Å². The SMILES string of the molecule is COc1cc(CN2CC3(C)CC2CC(C)(C)C3)cc(I)c1O. The van der Waals surface area contributed by atoms with Gasteiger partial charge in [0.15, 0.2) is 11.5 Å². The van der Waals surface area contributed by atoms with Crippen molar-refractivity contribution in [3.63, 3.8) is 0 Å². The van der Waals surface area contributed by atoms with Crippen molar-refractivity contribution in [2.24, 2.45) is 10.8 Å². The summed E-state index contributed by atoms with van der Waals surface area (Å²) in [7, 11) is 1.61. The molecule has 2 bridgehead atoms. The quantitative estimate of drug-likeness (QED) is 0.743. The first-order chi connectivity index (χ1) is 10.2. The Hall–Kier alpha value is -0.490. The Bertz CT molecular complexity index is 587. The van der Waals surface area contributed by atoms with E-state index in [1.54, 1.807) is 7.11 Å². The van der Waals surface area contributed by atoms with E-state index in [1.807, 2.05) is 6.07 Å². The molecule has 2 atom stereocenters. The van der Waals surface area contributed by atoms with Crippen LogP contribution in [0.2, 0.25) is 0 Å². The van der Waals surface area contributed by atoms with Crippen LogP contribution in [0.1, 0.15) is 45.6 Å². The molecule has 1 aliphatic heterocycles. The summed E-state index contributed by atoms with van der Waals surface area (Å²) < 4.78 is 6.16. The number of ether oxygens (including phenoxy) is 1. The highest BCUT2D eigenvalue weighted by Gasteiger charge is 2.49. The zero-order valence-corrected chi connectivity index (χ0v) is 16.1. The van der Waals surface area contributed by atoms with Gasteiger partial charge in [0.2, 0.25) is 0 Å². The smallest absolute Gasteiger partial charge is 0.171 e. The van der Waals surface area contributed by atoms with E-state index in [4.69, 9.17) is 4.74 Å². The summed E-state index contributed by atoms with van der Waals surface area (Å²) in [6.45, 7) is 9.40. The first kappa shape index (κ1) is 16.4. The van der Waals surface area contributed by atoms with Crippen molar-refractivity contribution in [3.05, 3.63) is 21.3 Å². The van der Waals surface area contributed by atoms with Crippen LogP contribution >= 0.6 is 22.6 Å². The molecule has 1 aliphatic carbocycles. The van der Waals surface area contributed by atoms with Crippen LogP contribution in [0.5, 0.6) is 11.5 Å². The van der Waals surface area contributed by atoms with Gasteiger partial charge in [0.05, 0.1) is 10.7 Å². The van der Waals surface area contributed by atoms with Gasteiger partial charge in [-0.05, 0) is 70.4 Å². The fraction of sp³-hybridized carbons (Fsp3) is 0.667. The van der Waals surface area contributed by atoms with Crippen LogP contribution in [0.15, 0.2) is 12.1 Å². The minimum Gasteiger partial charge on any atom is -0.504 e. The van der Waals surface area contributed by atoms with Crippen molar-refractivity contribution in [1.29, 1.82) is 0 Å². The third-order valence-electron chi connectivity index (χ3n) is 5.22. The third kappa shape index (κ3) is 3.09. The first-order valence-electron chi connectivity index (χ1n) is 8.01. The number of rotatable bonds is 3. The Labute approximate surface area is 147 Å². The van der Waals surface area contributed by atoms with Crippen molar-refractivity contribution >= 4 is 22.6 Å². The molecule has 1 aromatic carbocycles. The first-order valence-corrected chi connectivity index (χ1v) is 9.09. The fourth-order valence-corrected chi connectivity index (χ4v) is 5.54. The number of phenolic OH excluding ortho intramolecular Hbond substituents is 1. The van der Waals surface area contributed by atoms with E-state index in [9.17, 15) is 5.11 Å². The zero-order chi connectivity index (χ0) is 16.1. The Morgan fingerprint density at radius 3 is 2.73 bits per heavy atom. The van der Waals surface area contributed by atoms with E-state index in [2.05, 4.69) is 54.3 Å². The number of methoxy groups -OCH3 is 1. The highest BCUT2D eigenvalue weighted by molar-refractivity contribution is 14.1. The molecule has 0 aromatic heterocycles. The van der Waals surface area contributed by atoms with Crippen molar-refractivity contribution in [2.45, 2.75) is 52.6 Å². The lowest BCUT2D eigenvalue weighted by Crippen LogP contribution is -2.34. The number of aromatic hydroxyl groups is 1. The number of likely N-dealkylation sites (tertiary alicyclic amines) is 1. The van der Waals surface area contributed by atoms with E-state index in [0.717, 1.165) is 10.1 Å². The topological polar surface area (TPSA) is 32.7 Å². The number of hydrogen-bond donors (Lipinski definition) is 1. The molecule has 2 aliphatic rings. The Morgan fingerprint density at radius 2 is 2.05 bits per heavy atom. The number of phenols is 1. The highest BCUT2D eigenvalue weighted by Crippen LogP contribution is 2.52. The molecule has 0 spiro atoms. The minimum atomic E-state index is 0.250. The maximum absolute atomic E-state index is 10.00. The molecule has 1 N–H and O–H groups in total. The monoisotopic (exact) mass is 415 g/mol. The highest BCUT2D eigenvalue weighted by atomic mass is 127. The predicted octanol–water partition coefficient (Wildman–Crippen LogP) is 4.41. The van der Waals surface area contributed by atoms with Gasteiger partial charge in [-0.15, -0.1) is 0 Å². The second-order valence-electron chi connectivity index (χ2n) is 8.25. The molecular formula is C18H26INO2. The average molecular weight is 415 g/mol. The van der Waals surface area contributed by atoms with Crippen LogP contribution in [0, 0.1) is 14.4 Å². The lowest BCUT2D eigenvalue weighted by molar-refractivity contribution is 0.126. The van der Waals surface area contributed by atoms with Crippen molar-refractivity contribution in [2.75, 3.05) is 13.7 Å². The Kier molecular flexibility index (Phi) is 4.13. The van der Waals surface area contributed by atoms with Crippen LogP contribution < -0.4 is 4.74 Å².